The molecule has 0 radical (unpaired) electrons. The van der Waals surface area contributed by atoms with Gasteiger partial charge in [0.15, 0.2) is 23.1 Å². The first-order chi connectivity index (χ1) is 23.0. The first-order valence-electron chi connectivity index (χ1n) is 15.1. The summed E-state index contributed by atoms with van der Waals surface area (Å²) in [6.45, 7) is 0.412. The Balaban J connectivity index is 1.31. The number of carbonyl (C=O) groups is 2. The van der Waals surface area contributed by atoms with E-state index in [2.05, 4.69) is 9.97 Å². The number of rotatable bonds is 11. The number of aromatic nitrogens is 3. The van der Waals surface area contributed by atoms with Gasteiger partial charge in [0.05, 0.1) is 19.7 Å². The number of para-hydroxylation sites is 2. The minimum Gasteiger partial charge on any atom is -0.494 e. The van der Waals surface area contributed by atoms with Crippen molar-refractivity contribution in [1.82, 2.24) is 15.0 Å². The number of fused-ring (bicyclic) bond motifs is 2. The molecule has 9 nitrogen and oxygen atoms in total. The maximum absolute atomic E-state index is 14.7. The number of hydrogen-bond acceptors (Lipinski definition) is 8. The van der Waals surface area contributed by atoms with E-state index in [1.165, 1.54) is 0 Å². The van der Waals surface area contributed by atoms with Crippen LogP contribution in [0.25, 0.3) is 11.0 Å². The minimum atomic E-state index is -1.60. The summed E-state index contributed by atoms with van der Waals surface area (Å²) in [5.41, 5.74) is 2.32. The second-order valence-electron chi connectivity index (χ2n) is 11.2. The molecule has 234 valence electrons. The molecule has 6 aromatic rings. The van der Waals surface area contributed by atoms with Gasteiger partial charge in [0, 0.05) is 29.1 Å². The highest BCUT2D eigenvalue weighted by molar-refractivity contribution is 6.34. The standard InChI is InChI=1S/C38H31N3O6/c1-44-30-10-6-7-11-31(30)47-23-33-40-34-29(14-15-32(45-2)35(34)41-33)38(21-24-16-18-39-19-17-24)36(42)27-13-12-26(20-28(27)37(38)43)46-22-25-8-4-3-5-9-25/h3-20H,21-23H2,1-2H3,(H,40,41). The molecule has 0 fully saturated rings. The topological polar surface area (TPSA) is 113 Å². The SMILES string of the molecule is COc1ccccc1OCc1nc2c(C3(Cc4ccncc4)C(=O)c4ccc(OCc5ccccc5)cc4C3=O)ccc(OC)c2[nH]1. The Hall–Kier alpha value is -5.96. The summed E-state index contributed by atoms with van der Waals surface area (Å²) in [7, 11) is 3.14. The lowest BCUT2D eigenvalue weighted by molar-refractivity contribution is 0.0794. The van der Waals surface area contributed by atoms with Crippen molar-refractivity contribution in [2.45, 2.75) is 25.0 Å². The molecule has 1 unspecified atom stereocenters. The van der Waals surface area contributed by atoms with Crippen LogP contribution in [0.5, 0.6) is 23.0 Å². The van der Waals surface area contributed by atoms with Crippen molar-refractivity contribution >= 4 is 22.6 Å². The van der Waals surface area contributed by atoms with E-state index < -0.39 is 5.41 Å². The number of hydrogen-bond donors (Lipinski definition) is 1. The van der Waals surface area contributed by atoms with Crippen molar-refractivity contribution in [2.24, 2.45) is 0 Å². The Labute approximate surface area is 271 Å². The van der Waals surface area contributed by atoms with Gasteiger partial charge in [0.25, 0.3) is 0 Å². The van der Waals surface area contributed by atoms with Gasteiger partial charge in [-0.05, 0) is 66.1 Å². The van der Waals surface area contributed by atoms with Gasteiger partial charge in [-0.15, -0.1) is 0 Å². The number of aromatic amines is 1. The van der Waals surface area contributed by atoms with Gasteiger partial charge in [-0.1, -0.05) is 48.5 Å². The molecule has 0 bridgehead atoms. The van der Waals surface area contributed by atoms with Crippen LogP contribution in [0.3, 0.4) is 0 Å². The van der Waals surface area contributed by atoms with Crippen LogP contribution in [0.2, 0.25) is 0 Å². The molecule has 1 N–H and O–H groups in total. The monoisotopic (exact) mass is 625 g/mol. The maximum atomic E-state index is 14.7. The van der Waals surface area contributed by atoms with E-state index >= 15 is 0 Å². The van der Waals surface area contributed by atoms with E-state index in [-0.39, 0.29) is 24.6 Å². The fourth-order valence-electron chi connectivity index (χ4n) is 6.19. The fourth-order valence-corrected chi connectivity index (χ4v) is 6.19. The normalized spacial score (nSPS) is 15.4. The van der Waals surface area contributed by atoms with Crippen molar-refractivity contribution < 1.29 is 28.5 Å². The van der Waals surface area contributed by atoms with E-state index in [0.717, 1.165) is 11.1 Å². The summed E-state index contributed by atoms with van der Waals surface area (Å²) in [4.78, 5) is 41.7. The highest BCUT2D eigenvalue weighted by Gasteiger charge is 2.55. The van der Waals surface area contributed by atoms with Crippen LogP contribution in [0.1, 0.15) is 43.2 Å². The predicted molar refractivity (Wildman–Crippen MR) is 175 cm³/mol. The molecular weight excluding hydrogens is 594 g/mol. The van der Waals surface area contributed by atoms with Gasteiger partial charge < -0.3 is 23.9 Å². The van der Waals surface area contributed by atoms with E-state index in [9.17, 15) is 9.59 Å². The lowest BCUT2D eigenvalue weighted by Crippen LogP contribution is -2.41. The van der Waals surface area contributed by atoms with Crippen molar-refractivity contribution in [3.05, 3.63) is 143 Å². The number of nitrogens with zero attached hydrogens (tertiary/aromatic N) is 2. The third-order valence-corrected chi connectivity index (χ3v) is 8.49. The lowest BCUT2D eigenvalue weighted by atomic mass is 9.71. The first-order valence-corrected chi connectivity index (χ1v) is 15.1. The Kier molecular flexibility index (Phi) is 7.87. The van der Waals surface area contributed by atoms with Crippen LogP contribution in [-0.4, -0.2) is 40.7 Å². The van der Waals surface area contributed by atoms with Crippen molar-refractivity contribution in [1.29, 1.82) is 0 Å². The summed E-state index contributed by atoms with van der Waals surface area (Å²) in [5, 5.41) is 0. The molecule has 1 aliphatic carbocycles. The van der Waals surface area contributed by atoms with Crippen LogP contribution in [0.4, 0.5) is 0 Å². The number of methoxy groups -OCH3 is 2. The lowest BCUT2D eigenvalue weighted by Gasteiger charge is -2.27. The van der Waals surface area contributed by atoms with Gasteiger partial charge >= 0.3 is 0 Å². The Morgan fingerprint density at radius 2 is 1.40 bits per heavy atom. The van der Waals surface area contributed by atoms with Gasteiger partial charge in [-0.2, -0.15) is 0 Å². The average Bonchev–Trinajstić information content (AvgIpc) is 3.64. The van der Waals surface area contributed by atoms with Gasteiger partial charge in [0.2, 0.25) is 0 Å². The van der Waals surface area contributed by atoms with E-state index in [1.54, 1.807) is 56.9 Å². The number of carbonyl (C=O) groups excluding carboxylic acids is 2. The third kappa shape index (κ3) is 5.35. The number of imidazole rings is 1. The third-order valence-electron chi connectivity index (χ3n) is 8.49. The van der Waals surface area contributed by atoms with Gasteiger partial charge in [-0.25, -0.2) is 4.98 Å². The number of nitrogens with one attached hydrogen (secondary N) is 1. The molecule has 2 heterocycles. The first kappa shape index (κ1) is 29.7. The van der Waals surface area contributed by atoms with Gasteiger partial charge in [-0.3, -0.25) is 14.6 Å². The molecule has 0 saturated carbocycles. The molecule has 0 spiro atoms. The Morgan fingerprint density at radius 3 is 2.17 bits per heavy atom. The van der Waals surface area contributed by atoms with Crippen molar-refractivity contribution in [3.8, 4) is 23.0 Å². The van der Waals surface area contributed by atoms with Crippen LogP contribution >= 0.6 is 0 Å². The number of pyridine rings is 1. The molecule has 0 aliphatic heterocycles. The molecule has 2 aromatic heterocycles. The van der Waals surface area contributed by atoms with E-state index in [0.29, 0.717) is 63.2 Å². The van der Waals surface area contributed by atoms with Gasteiger partial charge in [0.1, 0.15) is 41.5 Å². The number of ketones is 2. The minimum absolute atomic E-state index is 0.0826. The number of Topliss-reactive ketones (excluding diaryl/α,β-unsaturated/α-hetero) is 2. The molecule has 0 saturated heterocycles. The molecule has 47 heavy (non-hydrogen) atoms. The zero-order valence-corrected chi connectivity index (χ0v) is 25.9. The van der Waals surface area contributed by atoms with E-state index in [4.69, 9.17) is 23.9 Å². The number of H-pyrrole nitrogens is 1. The van der Waals surface area contributed by atoms with E-state index in [1.807, 2.05) is 66.7 Å². The summed E-state index contributed by atoms with van der Waals surface area (Å²) in [6.07, 6.45) is 3.42. The van der Waals surface area contributed by atoms with Crippen LogP contribution < -0.4 is 18.9 Å². The smallest absolute Gasteiger partial charge is 0.182 e. The zero-order chi connectivity index (χ0) is 32.4. The fraction of sp³-hybridized carbons (Fsp3) is 0.158. The average molecular weight is 626 g/mol. The number of benzene rings is 4. The molecule has 1 atom stereocenters. The summed E-state index contributed by atoms with van der Waals surface area (Å²) < 4.78 is 23.2. The van der Waals surface area contributed by atoms with Crippen LogP contribution in [-0.2, 0) is 25.0 Å². The highest BCUT2D eigenvalue weighted by atomic mass is 16.5. The highest BCUT2D eigenvalue weighted by Crippen LogP contribution is 2.46. The van der Waals surface area contributed by atoms with Crippen molar-refractivity contribution in [3.63, 3.8) is 0 Å². The molecular formula is C38H31N3O6. The zero-order valence-electron chi connectivity index (χ0n) is 25.9. The molecule has 7 rings (SSSR count). The quantitative estimate of drug-likeness (QED) is 0.159. The Bertz CT molecular complexity index is 2090. The second-order valence-corrected chi connectivity index (χ2v) is 11.2. The molecule has 4 aromatic carbocycles. The largest absolute Gasteiger partial charge is 0.494 e. The summed E-state index contributed by atoms with van der Waals surface area (Å²) in [6, 6.07) is 29.3. The second kappa shape index (κ2) is 12.4. The predicted octanol–water partition coefficient (Wildman–Crippen LogP) is 6.69. The van der Waals surface area contributed by atoms with Crippen molar-refractivity contribution in [2.75, 3.05) is 14.2 Å². The summed E-state index contributed by atoms with van der Waals surface area (Å²) >= 11 is 0. The molecule has 0 amide bonds. The Morgan fingerprint density at radius 1 is 0.681 bits per heavy atom. The number of ether oxygens (including phenoxy) is 4. The molecule has 1 aliphatic rings. The molecule has 9 heteroatoms. The maximum Gasteiger partial charge on any atom is 0.182 e. The van der Waals surface area contributed by atoms with Crippen LogP contribution in [0, 0.1) is 0 Å². The van der Waals surface area contributed by atoms with Crippen LogP contribution in [0.15, 0.2) is 109 Å². The summed E-state index contributed by atoms with van der Waals surface area (Å²) in [5.74, 6) is 2.03.